The van der Waals surface area contributed by atoms with Gasteiger partial charge in [0.25, 0.3) is 0 Å². The lowest BCUT2D eigenvalue weighted by molar-refractivity contribution is -0.309. The summed E-state index contributed by atoms with van der Waals surface area (Å²) in [4.78, 5) is 10.3. The molecule has 26 heavy (non-hydrogen) atoms. The van der Waals surface area contributed by atoms with Crippen molar-refractivity contribution in [3.63, 3.8) is 0 Å². The molecule has 0 aromatic heterocycles. The Morgan fingerprint density at radius 1 is 0.808 bits per heavy atom. The van der Waals surface area contributed by atoms with Crippen molar-refractivity contribution < 1.29 is 25.4 Å². The van der Waals surface area contributed by atoms with Gasteiger partial charge in [0.2, 0.25) is 0 Å². The highest BCUT2D eigenvalue weighted by atomic mass is 16.8. The van der Waals surface area contributed by atoms with E-state index >= 15 is 0 Å². The number of unbranched alkanes of at least 4 members (excludes halogenated alkanes) is 11. The fourth-order valence-electron chi connectivity index (χ4n) is 2.44. The Kier molecular flexibility index (Phi) is 25.2. The summed E-state index contributed by atoms with van der Waals surface area (Å²) in [6, 6.07) is 0. The number of allylic oxidation sites excluding steroid dienone is 2. The summed E-state index contributed by atoms with van der Waals surface area (Å²) in [6.45, 7) is 1.89. The van der Waals surface area contributed by atoms with Gasteiger partial charge in [-0.05, 0) is 32.1 Å². The van der Waals surface area contributed by atoms with Crippen LogP contribution in [0.3, 0.4) is 0 Å². The van der Waals surface area contributed by atoms with Gasteiger partial charge >= 0.3 is 5.97 Å². The number of nitrogens with zero attached hydrogens (tertiary/aromatic N) is 1. The second-order valence-corrected chi connectivity index (χ2v) is 6.55. The maximum Gasteiger partial charge on any atom is 0.303 e. The Hall–Kier alpha value is -0.950. The van der Waals surface area contributed by atoms with Crippen LogP contribution in [0.2, 0.25) is 0 Å². The molecule has 0 spiro atoms. The van der Waals surface area contributed by atoms with Crippen molar-refractivity contribution in [3.05, 3.63) is 12.2 Å². The number of carboxylic acids is 1. The van der Waals surface area contributed by atoms with Crippen LogP contribution in [-0.4, -0.2) is 45.0 Å². The van der Waals surface area contributed by atoms with Gasteiger partial charge in [-0.15, -0.1) is 0 Å². The van der Waals surface area contributed by atoms with Crippen LogP contribution in [0.4, 0.5) is 0 Å². The van der Waals surface area contributed by atoms with Crippen molar-refractivity contribution in [1.29, 1.82) is 0 Å². The standard InChI is InChI=1S/C18H34O2.C2H7NO3/c1-2-3-4-5-6-7-8-9-10-11-12-13-14-15-16-17-18(19)20;4-2-1-3(5)6/h9-10H,2-8,11-17H2,1H3,(H,19,20);4-6H,1-2H2/b10-9-;. The zero-order chi connectivity index (χ0) is 19.9. The first-order valence-electron chi connectivity index (χ1n) is 10.2. The lowest BCUT2D eigenvalue weighted by Crippen LogP contribution is -2.17. The molecule has 0 bridgehead atoms. The van der Waals surface area contributed by atoms with Crippen molar-refractivity contribution >= 4 is 5.97 Å². The first kappa shape index (κ1) is 27.3. The molecule has 0 saturated carbocycles. The van der Waals surface area contributed by atoms with Crippen molar-refractivity contribution in [2.24, 2.45) is 0 Å². The number of carboxylic acid groups (broad SMARTS) is 1. The molecule has 0 radical (unpaired) electrons. The largest absolute Gasteiger partial charge is 0.481 e. The molecule has 0 atom stereocenters. The molecule has 0 saturated heterocycles. The molecule has 6 nitrogen and oxygen atoms in total. The van der Waals surface area contributed by atoms with Gasteiger partial charge in [0.1, 0.15) is 0 Å². The van der Waals surface area contributed by atoms with Crippen LogP contribution in [-0.2, 0) is 4.79 Å². The lowest BCUT2D eigenvalue weighted by atomic mass is 10.1. The van der Waals surface area contributed by atoms with Crippen LogP contribution in [0.5, 0.6) is 0 Å². The second kappa shape index (κ2) is 24.1. The molecule has 0 rings (SSSR count). The fraction of sp³-hybridized carbons (Fsp3) is 0.850. The van der Waals surface area contributed by atoms with Crippen LogP contribution < -0.4 is 0 Å². The number of aliphatic hydroxyl groups is 1. The van der Waals surface area contributed by atoms with Gasteiger partial charge in [0.15, 0.2) is 0 Å². The zero-order valence-electron chi connectivity index (χ0n) is 16.6. The molecule has 0 aromatic carbocycles. The van der Waals surface area contributed by atoms with E-state index in [0.29, 0.717) is 6.42 Å². The van der Waals surface area contributed by atoms with Gasteiger partial charge in [0, 0.05) is 6.42 Å². The molecule has 0 unspecified atom stereocenters. The predicted molar refractivity (Wildman–Crippen MR) is 104 cm³/mol. The topological polar surface area (TPSA) is 101 Å². The Morgan fingerprint density at radius 2 is 1.27 bits per heavy atom. The normalized spacial score (nSPS) is 11.0. The van der Waals surface area contributed by atoms with E-state index in [1.54, 1.807) is 0 Å². The number of hydroxylamine groups is 2. The van der Waals surface area contributed by atoms with Crippen molar-refractivity contribution in [1.82, 2.24) is 5.23 Å². The van der Waals surface area contributed by atoms with Crippen LogP contribution in [0.15, 0.2) is 12.2 Å². The molecule has 0 aliphatic heterocycles. The number of hydrogen-bond donors (Lipinski definition) is 4. The molecular formula is C20H41NO5. The maximum absolute atomic E-state index is 10.3. The Bertz CT molecular complexity index is 309. The van der Waals surface area contributed by atoms with E-state index in [2.05, 4.69) is 19.1 Å². The number of rotatable bonds is 17. The molecule has 0 aromatic rings. The Balaban J connectivity index is 0. The van der Waals surface area contributed by atoms with E-state index in [1.165, 1.54) is 70.6 Å². The third-order valence-corrected chi connectivity index (χ3v) is 3.95. The first-order chi connectivity index (χ1) is 12.5. The van der Waals surface area contributed by atoms with Crippen LogP contribution in [0.1, 0.15) is 96.8 Å². The highest BCUT2D eigenvalue weighted by Gasteiger charge is 1.95. The summed E-state index contributed by atoms with van der Waals surface area (Å²) in [5, 5.41) is 31.9. The second-order valence-electron chi connectivity index (χ2n) is 6.55. The highest BCUT2D eigenvalue weighted by Crippen LogP contribution is 2.09. The van der Waals surface area contributed by atoms with Crippen molar-refractivity contribution in [2.75, 3.05) is 13.2 Å². The summed E-state index contributed by atoms with van der Waals surface area (Å²) in [5.74, 6) is -0.664. The smallest absolute Gasteiger partial charge is 0.303 e. The summed E-state index contributed by atoms with van der Waals surface area (Å²) in [5.41, 5.74) is 0. The summed E-state index contributed by atoms with van der Waals surface area (Å²) < 4.78 is 0. The molecule has 0 heterocycles. The predicted octanol–water partition coefficient (Wildman–Crippen LogP) is 5.17. The SMILES string of the molecule is CCCCCCCC/C=C\CCCCCCCC(=O)O.OCCN(O)O. The number of carbonyl (C=O) groups is 1. The minimum atomic E-state index is -0.664. The monoisotopic (exact) mass is 375 g/mol. The molecular weight excluding hydrogens is 334 g/mol. The van der Waals surface area contributed by atoms with Gasteiger partial charge in [-0.3, -0.25) is 15.2 Å². The van der Waals surface area contributed by atoms with Gasteiger partial charge in [-0.25, -0.2) is 0 Å². The average Bonchev–Trinajstić information content (AvgIpc) is 2.58. The minimum absolute atomic E-state index is 0.0694. The summed E-state index contributed by atoms with van der Waals surface area (Å²) in [6.07, 6.45) is 21.2. The van der Waals surface area contributed by atoms with Crippen molar-refractivity contribution in [2.45, 2.75) is 96.8 Å². The maximum atomic E-state index is 10.3. The molecule has 4 N–H and O–H groups in total. The summed E-state index contributed by atoms with van der Waals surface area (Å²) in [7, 11) is 0. The van der Waals surface area contributed by atoms with Crippen LogP contribution in [0.25, 0.3) is 0 Å². The summed E-state index contributed by atoms with van der Waals surface area (Å²) >= 11 is 0. The number of aliphatic hydroxyl groups excluding tert-OH is 1. The molecule has 0 aliphatic carbocycles. The van der Waals surface area contributed by atoms with E-state index in [4.69, 9.17) is 20.6 Å². The van der Waals surface area contributed by atoms with Crippen molar-refractivity contribution in [3.8, 4) is 0 Å². The molecule has 0 fully saturated rings. The third-order valence-electron chi connectivity index (χ3n) is 3.95. The zero-order valence-corrected chi connectivity index (χ0v) is 16.6. The molecule has 156 valence electrons. The van der Waals surface area contributed by atoms with Gasteiger partial charge < -0.3 is 10.2 Å². The lowest BCUT2D eigenvalue weighted by Gasteiger charge is -1.99. The quantitative estimate of drug-likeness (QED) is 0.159. The molecule has 0 amide bonds. The fourth-order valence-corrected chi connectivity index (χ4v) is 2.44. The highest BCUT2D eigenvalue weighted by molar-refractivity contribution is 5.66. The molecule has 0 aliphatic rings. The van der Waals surface area contributed by atoms with Gasteiger partial charge in [-0.2, -0.15) is 0 Å². The van der Waals surface area contributed by atoms with Gasteiger partial charge in [-0.1, -0.05) is 75.7 Å². The first-order valence-corrected chi connectivity index (χ1v) is 10.2. The van der Waals surface area contributed by atoms with E-state index in [0.717, 1.165) is 12.8 Å². The van der Waals surface area contributed by atoms with E-state index in [1.807, 2.05) is 0 Å². The Labute approximate surface area is 159 Å². The van der Waals surface area contributed by atoms with E-state index in [-0.39, 0.29) is 18.4 Å². The number of hydrogen-bond acceptors (Lipinski definition) is 5. The average molecular weight is 376 g/mol. The van der Waals surface area contributed by atoms with E-state index < -0.39 is 5.97 Å². The number of aliphatic carboxylic acids is 1. The van der Waals surface area contributed by atoms with E-state index in [9.17, 15) is 4.79 Å². The van der Waals surface area contributed by atoms with Crippen LogP contribution >= 0.6 is 0 Å². The van der Waals surface area contributed by atoms with Gasteiger partial charge in [0.05, 0.1) is 13.2 Å². The molecule has 6 heteroatoms. The van der Waals surface area contributed by atoms with Crippen LogP contribution in [0, 0.1) is 0 Å². The minimum Gasteiger partial charge on any atom is -0.481 e. The third kappa shape index (κ3) is 30.9. The Morgan fingerprint density at radius 3 is 1.65 bits per heavy atom.